The van der Waals surface area contributed by atoms with Gasteiger partial charge in [-0.1, -0.05) is 38.3 Å². The second-order valence-corrected chi connectivity index (χ2v) is 10.3. The molecule has 6 atom stereocenters. The van der Waals surface area contributed by atoms with Crippen molar-refractivity contribution in [2.45, 2.75) is 89.4 Å². The number of hydrogen-bond donors (Lipinski definition) is 5. The lowest BCUT2D eigenvalue weighted by Gasteiger charge is -2.32. The summed E-state index contributed by atoms with van der Waals surface area (Å²) in [5.41, 5.74) is 2.12. The van der Waals surface area contributed by atoms with Crippen molar-refractivity contribution < 1.29 is 39.5 Å². The molecule has 1 aromatic carbocycles. The molecular weight excluding hydrogens is 466 g/mol. The van der Waals surface area contributed by atoms with E-state index in [-0.39, 0.29) is 12.0 Å². The van der Waals surface area contributed by atoms with Gasteiger partial charge in [-0.05, 0) is 73.5 Å². The van der Waals surface area contributed by atoms with E-state index in [2.05, 4.69) is 12.2 Å². The highest BCUT2D eigenvalue weighted by molar-refractivity contribution is 5.87. The number of fused-ring (bicyclic) bond motifs is 2. The molecule has 0 aromatic heterocycles. The van der Waals surface area contributed by atoms with Gasteiger partial charge in [0.2, 0.25) is 0 Å². The summed E-state index contributed by atoms with van der Waals surface area (Å²) < 4.78 is 5.73. The lowest BCUT2D eigenvalue weighted by atomic mass is 9.73. The Hall–Kier alpha value is -2.65. The molecular formula is C27H39NO8. The summed E-state index contributed by atoms with van der Waals surface area (Å²) >= 11 is 0. The molecule has 0 saturated heterocycles. The van der Waals surface area contributed by atoms with E-state index in [4.69, 9.17) is 14.9 Å². The largest absolute Gasteiger partial charge is 0.483 e. The Kier molecular flexibility index (Phi) is 10.1. The van der Waals surface area contributed by atoms with Gasteiger partial charge in [-0.15, -0.1) is 0 Å². The van der Waals surface area contributed by atoms with E-state index >= 15 is 0 Å². The fraction of sp³-hybridized carbons (Fsp3) is 0.667. The summed E-state index contributed by atoms with van der Waals surface area (Å²) in [5, 5.41) is 41.3. The van der Waals surface area contributed by atoms with E-state index in [1.54, 1.807) is 6.07 Å². The molecule has 3 rings (SSSR count). The Morgan fingerprint density at radius 1 is 1.14 bits per heavy atom. The number of carbonyl (C=O) groups excluding carboxylic acids is 1. The molecule has 0 unspecified atom stereocenters. The van der Waals surface area contributed by atoms with E-state index in [9.17, 15) is 24.6 Å². The van der Waals surface area contributed by atoms with Crippen LogP contribution in [0.2, 0.25) is 0 Å². The molecule has 0 heterocycles. The van der Waals surface area contributed by atoms with Crippen LogP contribution in [0.4, 0.5) is 0 Å². The first-order valence-electron chi connectivity index (χ1n) is 13.0. The topological polar surface area (TPSA) is 153 Å². The van der Waals surface area contributed by atoms with Crippen molar-refractivity contribution in [2.75, 3.05) is 6.61 Å². The number of amides is 1. The first-order chi connectivity index (χ1) is 17.2. The van der Waals surface area contributed by atoms with Gasteiger partial charge >= 0.3 is 11.9 Å². The summed E-state index contributed by atoms with van der Waals surface area (Å²) in [4.78, 5) is 34.2. The lowest BCUT2D eigenvalue weighted by Crippen LogP contribution is -2.44. The lowest BCUT2D eigenvalue weighted by molar-refractivity contribution is -0.147. The van der Waals surface area contributed by atoms with Gasteiger partial charge in [0, 0.05) is 0 Å². The van der Waals surface area contributed by atoms with Gasteiger partial charge < -0.3 is 30.5 Å². The number of carboxylic acids is 2. The third-order valence-corrected chi connectivity index (χ3v) is 7.69. The van der Waals surface area contributed by atoms with Crippen molar-refractivity contribution in [3.8, 4) is 5.75 Å². The SMILES string of the molecule is CCCCC[C@H](O)CC[C@@H]1[C@H]2Cc3cccc(OCC(=O)N[C@@H](CC(=O)O)C(=O)O)c3C[C@H]2C[C@H]1O. The van der Waals surface area contributed by atoms with E-state index < -0.39 is 43.0 Å². The average molecular weight is 506 g/mol. The average Bonchev–Trinajstić information content (AvgIpc) is 3.13. The molecule has 1 fully saturated rings. The molecule has 0 bridgehead atoms. The summed E-state index contributed by atoms with van der Waals surface area (Å²) in [7, 11) is 0. The number of carboxylic acid groups (broad SMARTS) is 2. The number of hydrogen-bond acceptors (Lipinski definition) is 6. The molecule has 1 aromatic rings. The van der Waals surface area contributed by atoms with Crippen LogP contribution >= 0.6 is 0 Å². The van der Waals surface area contributed by atoms with Crippen LogP contribution in [0, 0.1) is 17.8 Å². The van der Waals surface area contributed by atoms with Crippen molar-refractivity contribution in [2.24, 2.45) is 17.8 Å². The monoisotopic (exact) mass is 505 g/mol. The van der Waals surface area contributed by atoms with Crippen LogP contribution in [0.3, 0.4) is 0 Å². The van der Waals surface area contributed by atoms with Gasteiger partial charge in [0.15, 0.2) is 6.61 Å². The van der Waals surface area contributed by atoms with Gasteiger partial charge in [-0.2, -0.15) is 0 Å². The van der Waals surface area contributed by atoms with Gasteiger partial charge in [0.05, 0.1) is 18.6 Å². The van der Waals surface area contributed by atoms with Crippen molar-refractivity contribution in [3.63, 3.8) is 0 Å². The molecule has 2 aliphatic rings. The van der Waals surface area contributed by atoms with Crippen molar-refractivity contribution >= 4 is 17.8 Å². The van der Waals surface area contributed by atoms with E-state index in [0.717, 1.165) is 56.1 Å². The Bertz CT molecular complexity index is 919. The maximum atomic E-state index is 12.2. The van der Waals surface area contributed by atoms with E-state index in [1.165, 1.54) is 0 Å². The fourth-order valence-corrected chi connectivity index (χ4v) is 5.85. The summed E-state index contributed by atoms with van der Waals surface area (Å²) in [6, 6.07) is 4.14. The van der Waals surface area contributed by atoms with E-state index in [0.29, 0.717) is 30.4 Å². The van der Waals surface area contributed by atoms with Gasteiger partial charge in [-0.25, -0.2) is 4.79 Å². The van der Waals surface area contributed by atoms with Gasteiger partial charge in [-0.3, -0.25) is 9.59 Å². The van der Waals surface area contributed by atoms with Crippen LogP contribution in [0.25, 0.3) is 0 Å². The molecule has 9 nitrogen and oxygen atoms in total. The number of benzene rings is 1. The Morgan fingerprint density at radius 3 is 2.61 bits per heavy atom. The highest BCUT2D eigenvalue weighted by Gasteiger charge is 2.44. The number of carbonyl (C=O) groups is 3. The van der Waals surface area contributed by atoms with Crippen LogP contribution in [-0.2, 0) is 27.2 Å². The van der Waals surface area contributed by atoms with Crippen LogP contribution in [0.1, 0.15) is 69.4 Å². The number of unbranched alkanes of at least 4 members (excludes halogenated alkanes) is 2. The Labute approximate surface area is 211 Å². The zero-order valence-corrected chi connectivity index (χ0v) is 20.9. The van der Waals surface area contributed by atoms with Crippen LogP contribution < -0.4 is 10.1 Å². The number of ether oxygens (including phenoxy) is 1. The minimum Gasteiger partial charge on any atom is -0.483 e. The molecule has 2 aliphatic carbocycles. The standard InChI is InChI=1S/C27H39NO8/c1-2-3-4-7-18(29)9-10-19-20-11-16-6-5-8-24(21(16)12-17(20)13-23(19)30)36-15-25(31)28-22(27(34)35)14-26(32)33/h5-6,8,17-20,22-23,29-30H,2-4,7,9-15H2,1H3,(H,28,31)(H,32,33)(H,34,35)/t17-,18-,19+,20-,22-,23+/m0/s1. The molecule has 1 amide bonds. The number of aliphatic carboxylic acids is 2. The van der Waals surface area contributed by atoms with Crippen LogP contribution in [-0.4, -0.2) is 63.1 Å². The van der Waals surface area contributed by atoms with E-state index in [1.807, 2.05) is 12.1 Å². The first kappa shape index (κ1) is 27.9. The smallest absolute Gasteiger partial charge is 0.326 e. The van der Waals surface area contributed by atoms with Crippen LogP contribution in [0.5, 0.6) is 5.75 Å². The third-order valence-electron chi connectivity index (χ3n) is 7.69. The quantitative estimate of drug-likeness (QED) is 0.242. The first-order valence-corrected chi connectivity index (χ1v) is 13.0. The molecule has 5 N–H and O–H groups in total. The minimum atomic E-state index is -1.52. The predicted octanol–water partition coefficient (Wildman–Crippen LogP) is 2.54. The molecule has 36 heavy (non-hydrogen) atoms. The molecule has 0 spiro atoms. The summed E-state index contributed by atoms with van der Waals surface area (Å²) in [5.74, 6) is -2.11. The Balaban J connectivity index is 1.59. The molecule has 0 aliphatic heterocycles. The summed E-state index contributed by atoms with van der Waals surface area (Å²) in [6.07, 6.45) is 6.40. The molecule has 200 valence electrons. The predicted molar refractivity (Wildman–Crippen MR) is 132 cm³/mol. The molecule has 1 saturated carbocycles. The number of aliphatic hydroxyl groups is 2. The molecule has 0 radical (unpaired) electrons. The molecule has 9 heteroatoms. The van der Waals surface area contributed by atoms with Crippen molar-refractivity contribution in [1.82, 2.24) is 5.32 Å². The van der Waals surface area contributed by atoms with Gasteiger partial charge in [0.1, 0.15) is 11.8 Å². The minimum absolute atomic E-state index is 0.154. The number of aliphatic hydroxyl groups excluding tert-OH is 2. The van der Waals surface area contributed by atoms with Crippen molar-refractivity contribution in [3.05, 3.63) is 29.3 Å². The van der Waals surface area contributed by atoms with Crippen LogP contribution in [0.15, 0.2) is 18.2 Å². The fourth-order valence-electron chi connectivity index (χ4n) is 5.85. The number of rotatable bonds is 14. The Morgan fingerprint density at radius 2 is 1.92 bits per heavy atom. The third kappa shape index (κ3) is 7.43. The zero-order chi connectivity index (χ0) is 26.2. The maximum absolute atomic E-state index is 12.2. The van der Waals surface area contributed by atoms with Crippen molar-refractivity contribution in [1.29, 1.82) is 0 Å². The summed E-state index contributed by atoms with van der Waals surface area (Å²) in [6.45, 7) is 1.72. The highest BCUT2D eigenvalue weighted by atomic mass is 16.5. The highest BCUT2D eigenvalue weighted by Crippen LogP contribution is 2.48. The second kappa shape index (κ2) is 13.1. The maximum Gasteiger partial charge on any atom is 0.326 e. The number of nitrogens with one attached hydrogen (secondary N) is 1. The normalized spacial score (nSPS) is 24.3. The zero-order valence-electron chi connectivity index (χ0n) is 20.9. The second-order valence-electron chi connectivity index (χ2n) is 10.3. The van der Waals surface area contributed by atoms with Gasteiger partial charge in [0.25, 0.3) is 5.91 Å².